The number of benzene rings is 3. The van der Waals surface area contributed by atoms with Gasteiger partial charge in [-0.25, -0.2) is 8.42 Å². The number of aryl methyl sites for hydroxylation is 1. The van der Waals surface area contributed by atoms with Gasteiger partial charge in [0.25, 0.3) is 10.0 Å². The van der Waals surface area contributed by atoms with Gasteiger partial charge in [-0.05, 0) is 68.3 Å². The van der Waals surface area contributed by atoms with E-state index in [0.29, 0.717) is 6.54 Å². The van der Waals surface area contributed by atoms with E-state index in [1.54, 1.807) is 19.1 Å². The average Bonchev–Trinajstić information content (AvgIpc) is 2.92. The largest absolute Gasteiger partial charge is 0.354 e. The summed E-state index contributed by atoms with van der Waals surface area (Å²) in [4.78, 5) is 28.4. The van der Waals surface area contributed by atoms with Crippen LogP contribution in [0.25, 0.3) is 0 Å². The van der Waals surface area contributed by atoms with Crippen LogP contribution in [0.1, 0.15) is 37.8 Å². The minimum Gasteiger partial charge on any atom is -0.354 e. The molecule has 0 bridgehead atoms. The Morgan fingerprint density at radius 3 is 2.23 bits per heavy atom. The second-order valence-corrected chi connectivity index (χ2v) is 13.0. The molecule has 3 aromatic carbocycles. The van der Waals surface area contributed by atoms with E-state index < -0.39 is 28.5 Å². The van der Waals surface area contributed by atoms with Crippen molar-refractivity contribution in [2.75, 3.05) is 17.4 Å². The lowest BCUT2D eigenvalue weighted by Crippen LogP contribution is -2.51. The van der Waals surface area contributed by atoms with Crippen molar-refractivity contribution in [2.24, 2.45) is 0 Å². The molecule has 3 aromatic rings. The maximum Gasteiger partial charge on any atom is 0.264 e. The van der Waals surface area contributed by atoms with Crippen LogP contribution in [0.2, 0.25) is 10.0 Å². The summed E-state index contributed by atoms with van der Waals surface area (Å²) >= 11 is 15.7. The number of nitrogens with one attached hydrogen (secondary N) is 1. The Morgan fingerprint density at radius 1 is 0.975 bits per heavy atom. The summed E-state index contributed by atoms with van der Waals surface area (Å²) in [6, 6.07) is 17.2. The van der Waals surface area contributed by atoms with Gasteiger partial charge in [0.1, 0.15) is 12.6 Å². The number of unbranched alkanes of at least 4 members (excludes halogenated alkanes) is 1. The van der Waals surface area contributed by atoms with E-state index in [-0.39, 0.29) is 33.1 Å². The summed E-state index contributed by atoms with van der Waals surface area (Å²) in [6.07, 6.45) is 1.71. The van der Waals surface area contributed by atoms with Gasteiger partial charge in [-0.3, -0.25) is 13.9 Å². The van der Waals surface area contributed by atoms with Gasteiger partial charge in [-0.15, -0.1) is 0 Å². The van der Waals surface area contributed by atoms with Crippen LogP contribution in [0.3, 0.4) is 0 Å². The summed E-state index contributed by atoms with van der Waals surface area (Å²) < 4.78 is 29.6. The van der Waals surface area contributed by atoms with Gasteiger partial charge < -0.3 is 10.2 Å². The highest BCUT2D eigenvalue weighted by Crippen LogP contribution is 2.31. The minimum absolute atomic E-state index is 0.0155. The molecule has 0 aliphatic rings. The molecule has 1 unspecified atom stereocenters. The zero-order valence-electron chi connectivity index (χ0n) is 22.5. The van der Waals surface area contributed by atoms with Crippen molar-refractivity contribution in [3.05, 3.63) is 92.4 Å². The Kier molecular flexibility index (Phi) is 11.5. The molecule has 0 fully saturated rings. The summed E-state index contributed by atoms with van der Waals surface area (Å²) in [5, 5.41) is 3.26. The third-order valence-electron chi connectivity index (χ3n) is 6.34. The molecule has 0 aliphatic heterocycles. The Bertz CT molecular complexity index is 1430. The number of anilines is 1. The molecule has 0 heterocycles. The van der Waals surface area contributed by atoms with Crippen LogP contribution in [-0.4, -0.2) is 44.3 Å². The SMILES string of the molecule is CCCCNC(=O)C(C)N(Cc1ccc(Br)cc1)C(=O)CN(c1ccc(Cl)c(Cl)c1)S(=O)(=O)c1ccc(C)cc1. The summed E-state index contributed by atoms with van der Waals surface area (Å²) in [6.45, 7) is 5.54. The lowest BCUT2D eigenvalue weighted by atomic mass is 10.1. The van der Waals surface area contributed by atoms with Crippen LogP contribution < -0.4 is 9.62 Å². The summed E-state index contributed by atoms with van der Waals surface area (Å²) in [5.41, 5.74) is 1.85. The number of rotatable bonds is 12. The smallest absolute Gasteiger partial charge is 0.264 e. The standard InChI is InChI=1S/C29H32BrCl2N3O4S/c1-4-5-16-33-29(37)21(3)34(18-22-8-10-23(30)11-9-22)28(36)19-35(24-12-15-26(31)27(32)17-24)40(38,39)25-13-6-20(2)7-14-25/h6-15,17,21H,4-5,16,18-19H2,1-3H3,(H,33,37). The molecule has 0 radical (unpaired) electrons. The first-order valence-electron chi connectivity index (χ1n) is 12.8. The van der Waals surface area contributed by atoms with Gasteiger partial charge in [0, 0.05) is 17.6 Å². The van der Waals surface area contributed by atoms with Gasteiger partial charge in [-0.1, -0.05) is 82.3 Å². The fraction of sp³-hybridized carbons (Fsp3) is 0.310. The first-order chi connectivity index (χ1) is 18.9. The van der Waals surface area contributed by atoms with Crippen LogP contribution in [-0.2, 0) is 26.2 Å². The molecule has 11 heteroatoms. The maximum absolute atomic E-state index is 13.9. The van der Waals surface area contributed by atoms with Crippen molar-refractivity contribution >= 4 is 66.7 Å². The van der Waals surface area contributed by atoms with E-state index in [9.17, 15) is 18.0 Å². The third-order valence-corrected chi connectivity index (χ3v) is 9.40. The maximum atomic E-state index is 13.9. The minimum atomic E-state index is -4.19. The van der Waals surface area contributed by atoms with Crippen molar-refractivity contribution in [3.63, 3.8) is 0 Å². The van der Waals surface area contributed by atoms with Gasteiger partial charge in [0.2, 0.25) is 11.8 Å². The number of carbonyl (C=O) groups is 2. The number of halogens is 3. The van der Waals surface area contributed by atoms with Crippen molar-refractivity contribution < 1.29 is 18.0 Å². The van der Waals surface area contributed by atoms with Crippen LogP contribution in [0.15, 0.2) is 76.1 Å². The van der Waals surface area contributed by atoms with E-state index in [2.05, 4.69) is 21.2 Å². The molecule has 0 saturated carbocycles. The third kappa shape index (κ3) is 8.22. The van der Waals surface area contributed by atoms with Crippen LogP contribution in [0.5, 0.6) is 0 Å². The molecular formula is C29H32BrCl2N3O4S. The molecule has 1 atom stereocenters. The molecule has 0 spiro atoms. The van der Waals surface area contributed by atoms with Crippen LogP contribution in [0.4, 0.5) is 5.69 Å². The Labute approximate surface area is 254 Å². The van der Waals surface area contributed by atoms with E-state index in [1.807, 2.05) is 38.1 Å². The summed E-state index contributed by atoms with van der Waals surface area (Å²) in [5.74, 6) is -0.871. The second-order valence-electron chi connectivity index (χ2n) is 9.39. The zero-order chi connectivity index (χ0) is 29.4. The number of hydrogen-bond acceptors (Lipinski definition) is 4. The van der Waals surface area contributed by atoms with Crippen LogP contribution >= 0.6 is 39.1 Å². The van der Waals surface area contributed by atoms with Crippen molar-refractivity contribution in [3.8, 4) is 0 Å². The monoisotopic (exact) mass is 667 g/mol. The Morgan fingerprint density at radius 2 is 1.62 bits per heavy atom. The van der Waals surface area contributed by atoms with Crippen molar-refractivity contribution in [1.29, 1.82) is 0 Å². The van der Waals surface area contributed by atoms with E-state index >= 15 is 0 Å². The van der Waals surface area contributed by atoms with Crippen molar-refractivity contribution in [1.82, 2.24) is 10.2 Å². The van der Waals surface area contributed by atoms with Gasteiger partial charge in [0.15, 0.2) is 0 Å². The number of carbonyl (C=O) groups excluding carboxylic acids is 2. The van der Waals surface area contributed by atoms with E-state index in [0.717, 1.165) is 32.7 Å². The van der Waals surface area contributed by atoms with Gasteiger partial charge in [0.05, 0.1) is 20.6 Å². The zero-order valence-corrected chi connectivity index (χ0v) is 26.4. The fourth-order valence-corrected chi connectivity index (χ4v) is 5.87. The van der Waals surface area contributed by atoms with Gasteiger partial charge >= 0.3 is 0 Å². The van der Waals surface area contributed by atoms with Crippen LogP contribution in [0, 0.1) is 6.92 Å². The average molecular weight is 669 g/mol. The first-order valence-corrected chi connectivity index (χ1v) is 15.8. The molecule has 0 saturated heterocycles. The molecule has 1 N–H and O–H groups in total. The highest BCUT2D eigenvalue weighted by Gasteiger charge is 2.32. The predicted molar refractivity (Wildman–Crippen MR) is 164 cm³/mol. The molecule has 3 rings (SSSR count). The molecule has 214 valence electrons. The molecule has 40 heavy (non-hydrogen) atoms. The lowest BCUT2D eigenvalue weighted by Gasteiger charge is -2.32. The molecular weight excluding hydrogens is 637 g/mol. The number of sulfonamides is 1. The van der Waals surface area contributed by atoms with Crippen molar-refractivity contribution in [2.45, 2.75) is 51.1 Å². The normalized spacial score (nSPS) is 12.1. The second kappa shape index (κ2) is 14.3. The quantitative estimate of drug-likeness (QED) is 0.221. The molecule has 7 nitrogen and oxygen atoms in total. The topological polar surface area (TPSA) is 86.8 Å². The van der Waals surface area contributed by atoms with E-state index in [1.165, 1.54) is 35.2 Å². The number of hydrogen-bond donors (Lipinski definition) is 1. The lowest BCUT2D eigenvalue weighted by molar-refractivity contribution is -0.139. The highest BCUT2D eigenvalue weighted by molar-refractivity contribution is 9.10. The number of amides is 2. The van der Waals surface area contributed by atoms with E-state index in [4.69, 9.17) is 23.2 Å². The Balaban J connectivity index is 2.02. The number of nitrogens with zero attached hydrogens (tertiary/aromatic N) is 2. The Hall–Kier alpha value is -2.59. The summed E-state index contributed by atoms with van der Waals surface area (Å²) in [7, 11) is -4.19. The molecule has 2 amide bonds. The first kappa shape index (κ1) is 31.9. The fourth-order valence-electron chi connectivity index (χ4n) is 3.91. The highest BCUT2D eigenvalue weighted by atomic mass is 79.9. The predicted octanol–water partition coefficient (Wildman–Crippen LogP) is 6.59. The van der Waals surface area contributed by atoms with Gasteiger partial charge in [-0.2, -0.15) is 0 Å². The molecule has 0 aliphatic carbocycles. The molecule has 0 aromatic heterocycles.